The highest BCUT2D eigenvalue weighted by molar-refractivity contribution is 5.87. The molecule has 16 heteroatoms. The average Bonchev–Trinajstić information content (AvgIpc) is 2.55. The van der Waals surface area contributed by atoms with Crippen molar-refractivity contribution in [3.05, 3.63) is 12.2 Å². The maximum absolute atomic E-state index is 13.2. The Kier molecular flexibility index (Phi) is 7.31. The predicted octanol–water partition coefficient (Wildman–Crippen LogP) is 4.60. The summed E-state index contributed by atoms with van der Waals surface area (Å²) in [5.41, 5.74) is -12.0. The zero-order valence-corrected chi connectivity index (χ0v) is 15.8. The molecule has 2 unspecified atom stereocenters. The van der Waals surface area contributed by atoms with Crippen molar-refractivity contribution in [3.8, 4) is 0 Å². The molecule has 1 rings (SSSR count). The van der Waals surface area contributed by atoms with Crippen molar-refractivity contribution in [3.63, 3.8) is 0 Å². The Morgan fingerprint density at radius 2 is 1.00 bits per heavy atom. The van der Waals surface area contributed by atoms with Crippen LogP contribution in [0.15, 0.2) is 12.2 Å². The number of ether oxygens (including phenoxy) is 1. The molecule has 0 heterocycles. The van der Waals surface area contributed by atoms with Crippen LogP contribution in [0.5, 0.6) is 0 Å². The summed E-state index contributed by atoms with van der Waals surface area (Å²) in [4.78, 5) is 11.6. The second-order valence-corrected chi connectivity index (χ2v) is 7.43. The van der Waals surface area contributed by atoms with Gasteiger partial charge in [0.05, 0.1) is 0 Å². The van der Waals surface area contributed by atoms with Crippen LogP contribution in [0.2, 0.25) is 0 Å². The van der Waals surface area contributed by atoms with Crippen molar-refractivity contribution < 1.29 is 72.4 Å². The third kappa shape index (κ3) is 4.79. The largest absolute Gasteiger partial charge is 0.459 e. The molecule has 0 bridgehead atoms. The monoisotopic (exact) mass is 500 g/mol. The van der Waals surface area contributed by atoms with Crippen LogP contribution in [0.3, 0.4) is 0 Å². The van der Waals surface area contributed by atoms with Crippen molar-refractivity contribution in [1.82, 2.24) is 0 Å². The highest BCUT2D eigenvalue weighted by atomic mass is 19.4. The lowest BCUT2D eigenvalue weighted by Gasteiger charge is -2.48. The molecule has 0 radical (unpaired) electrons. The lowest BCUT2D eigenvalue weighted by Crippen LogP contribution is -2.67. The standard InChI is InChI=1S/C16H16F12O4/c1-6(2)10(29)32-9-4-7(11(30,13(17,18)19)14(20,21)22)3-8(5-9)12(31,15(23,24)25)16(26,27)28/h7-9,30-31H,1,3-5H2,2H3. The fourth-order valence-corrected chi connectivity index (χ4v) is 3.54. The van der Waals surface area contributed by atoms with Gasteiger partial charge < -0.3 is 14.9 Å². The second-order valence-electron chi connectivity index (χ2n) is 7.43. The Balaban J connectivity index is 3.67. The van der Waals surface area contributed by atoms with Crippen LogP contribution in [0.1, 0.15) is 26.2 Å². The van der Waals surface area contributed by atoms with Gasteiger partial charge in [0.25, 0.3) is 11.2 Å². The molecule has 0 aliphatic heterocycles. The third-order valence-corrected chi connectivity index (χ3v) is 5.20. The smallest absolute Gasteiger partial charge is 0.426 e. The van der Waals surface area contributed by atoms with E-state index in [0.29, 0.717) is 0 Å². The van der Waals surface area contributed by atoms with Crippen molar-refractivity contribution in [2.24, 2.45) is 11.8 Å². The van der Waals surface area contributed by atoms with Crippen LogP contribution in [-0.4, -0.2) is 58.2 Å². The van der Waals surface area contributed by atoms with Crippen molar-refractivity contribution in [1.29, 1.82) is 0 Å². The number of aliphatic hydroxyl groups is 2. The van der Waals surface area contributed by atoms with E-state index < -0.39 is 84.7 Å². The second kappa shape index (κ2) is 8.25. The van der Waals surface area contributed by atoms with Crippen molar-refractivity contribution in [2.45, 2.75) is 68.2 Å². The molecule has 0 amide bonds. The molecule has 2 N–H and O–H groups in total. The van der Waals surface area contributed by atoms with Crippen molar-refractivity contribution in [2.75, 3.05) is 0 Å². The quantitative estimate of drug-likeness (QED) is 0.337. The van der Waals surface area contributed by atoms with E-state index in [1.165, 1.54) is 0 Å². The van der Waals surface area contributed by atoms with E-state index in [0.717, 1.165) is 6.92 Å². The van der Waals surface area contributed by atoms with Crippen LogP contribution in [0, 0.1) is 11.8 Å². The lowest BCUT2D eigenvalue weighted by atomic mass is 9.65. The molecule has 0 saturated heterocycles. The molecule has 2 atom stereocenters. The first-order chi connectivity index (χ1) is 13.9. The summed E-state index contributed by atoms with van der Waals surface area (Å²) in [6.45, 7) is 3.95. The Hall–Kier alpha value is -1.71. The molecule has 32 heavy (non-hydrogen) atoms. The topological polar surface area (TPSA) is 66.8 Å². The number of hydrogen-bond donors (Lipinski definition) is 2. The summed E-state index contributed by atoms with van der Waals surface area (Å²) in [6, 6.07) is 0. The van der Waals surface area contributed by atoms with Gasteiger partial charge in [0.1, 0.15) is 6.10 Å². The first kappa shape index (κ1) is 28.3. The van der Waals surface area contributed by atoms with E-state index in [1.807, 2.05) is 0 Å². The molecule has 0 aromatic heterocycles. The number of halogens is 12. The van der Waals surface area contributed by atoms with Gasteiger partial charge in [-0.3, -0.25) is 0 Å². The minimum Gasteiger partial charge on any atom is -0.459 e. The molecular weight excluding hydrogens is 484 g/mol. The number of alkyl halides is 12. The van der Waals surface area contributed by atoms with E-state index in [-0.39, 0.29) is 0 Å². The zero-order valence-electron chi connectivity index (χ0n) is 15.8. The molecule has 0 aromatic rings. The number of esters is 1. The van der Waals surface area contributed by atoms with Crippen LogP contribution >= 0.6 is 0 Å². The summed E-state index contributed by atoms with van der Waals surface area (Å²) >= 11 is 0. The zero-order chi connectivity index (χ0) is 25.7. The van der Waals surface area contributed by atoms with Crippen LogP contribution < -0.4 is 0 Å². The molecular formula is C16H16F12O4. The van der Waals surface area contributed by atoms with E-state index in [1.54, 1.807) is 0 Å². The summed E-state index contributed by atoms with van der Waals surface area (Å²) in [6.07, 6.45) is -34.1. The van der Waals surface area contributed by atoms with E-state index in [2.05, 4.69) is 11.3 Å². The highest BCUT2D eigenvalue weighted by Gasteiger charge is 2.78. The number of hydrogen-bond acceptors (Lipinski definition) is 4. The Morgan fingerprint density at radius 1 is 0.719 bits per heavy atom. The molecule has 1 fully saturated rings. The fourth-order valence-electron chi connectivity index (χ4n) is 3.54. The first-order valence-electron chi connectivity index (χ1n) is 8.49. The molecule has 4 nitrogen and oxygen atoms in total. The minimum absolute atomic E-state index is 0.521. The van der Waals surface area contributed by atoms with Crippen LogP contribution in [-0.2, 0) is 9.53 Å². The molecule has 188 valence electrons. The average molecular weight is 500 g/mol. The minimum atomic E-state index is -6.59. The van der Waals surface area contributed by atoms with Crippen LogP contribution in [0.4, 0.5) is 52.7 Å². The van der Waals surface area contributed by atoms with E-state index >= 15 is 0 Å². The Labute approximate surface area is 171 Å². The molecule has 0 spiro atoms. The number of rotatable bonds is 4. The normalized spacial score (nSPS) is 24.3. The van der Waals surface area contributed by atoms with E-state index in [4.69, 9.17) is 0 Å². The number of carbonyl (C=O) groups is 1. The van der Waals surface area contributed by atoms with Gasteiger partial charge in [0, 0.05) is 17.4 Å². The molecule has 1 aliphatic rings. The van der Waals surface area contributed by atoms with Gasteiger partial charge in [-0.25, -0.2) is 4.79 Å². The van der Waals surface area contributed by atoms with Gasteiger partial charge in [-0.2, -0.15) is 52.7 Å². The Morgan fingerprint density at radius 3 is 1.22 bits per heavy atom. The Bertz CT molecular complexity index is 644. The molecule has 1 aliphatic carbocycles. The van der Waals surface area contributed by atoms with Gasteiger partial charge >= 0.3 is 30.7 Å². The SMILES string of the molecule is C=C(C)C(=O)OC1CC(C(O)(C(F)(F)F)C(F)(F)F)CC(C(O)(C(F)(F)F)C(F)(F)F)C1. The molecule has 0 aromatic carbocycles. The lowest BCUT2D eigenvalue weighted by molar-refractivity contribution is -0.405. The number of carbonyl (C=O) groups excluding carboxylic acids is 1. The summed E-state index contributed by atoms with van der Waals surface area (Å²) in [5, 5.41) is 19.0. The van der Waals surface area contributed by atoms with Gasteiger partial charge in [-0.15, -0.1) is 0 Å². The summed E-state index contributed by atoms with van der Waals surface area (Å²) < 4.78 is 163. The third-order valence-electron chi connectivity index (χ3n) is 5.20. The predicted molar refractivity (Wildman–Crippen MR) is 79.6 cm³/mol. The van der Waals surface area contributed by atoms with Crippen LogP contribution in [0.25, 0.3) is 0 Å². The summed E-state index contributed by atoms with van der Waals surface area (Å²) in [7, 11) is 0. The first-order valence-corrected chi connectivity index (χ1v) is 8.49. The van der Waals surface area contributed by atoms with E-state index in [9.17, 15) is 67.7 Å². The highest BCUT2D eigenvalue weighted by Crippen LogP contribution is 2.57. The fraction of sp³-hybridized carbons (Fsp3) is 0.812. The van der Waals surface area contributed by atoms with Gasteiger partial charge in [-0.05, 0) is 26.2 Å². The maximum Gasteiger partial charge on any atom is 0.426 e. The molecule has 1 saturated carbocycles. The maximum atomic E-state index is 13.2. The summed E-state index contributed by atoms with van der Waals surface area (Å²) in [5.74, 6) is -8.31. The van der Waals surface area contributed by atoms with Gasteiger partial charge in [-0.1, -0.05) is 6.58 Å². The van der Waals surface area contributed by atoms with Crippen molar-refractivity contribution >= 4 is 5.97 Å². The van der Waals surface area contributed by atoms with Gasteiger partial charge in [0.15, 0.2) is 0 Å². The van der Waals surface area contributed by atoms with Gasteiger partial charge in [0.2, 0.25) is 0 Å².